The summed E-state index contributed by atoms with van der Waals surface area (Å²) in [5.41, 5.74) is 2.97. The highest BCUT2D eigenvalue weighted by Gasteiger charge is 2.16. The van der Waals surface area contributed by atoms with Gasteiger partial charge in [0.2, 0.25) is 0 Å². The summed E-state index contributed by atoms with van der Waals surface area (Å²) in [6, 6.07) is 15.9. The summed E-state index contributed by atoms with van der Waals surface area (Å²) in [6.45, 7) is 3.72. The molecule has 0 radical (unpaired) electrons. The lowest BCUT2D eigenvalue weighted by atomic mass is 10.2. The van der Waals surface area contributed by atoms with E-state index >= 15 is 0 Å². The van der Waals surface area contributed by atoms with Crippen LogP contribution in [0.1, 0.15) is 38.9 Å². The maximum atomic E-state index is 12.3. The lowest BCUT2D eigenvalue weighted by Crippen LogP contribution is -2.30. The number of aromatic nitrogens is 2. The zero-order valence-electron chi connectivity index (χ0n) is 17.3. The molecule has 0 spiro atoms. The Kier molecular flexibility index (Phi) is 7.16. The number of nitrogens with one attached hydrogen (secondary N) is 1. The smallest absolute Gasteiger partial charge is 0.341 e. The predicted molar refractivity (Wildman–Crippen MR) is 113 cm³/mol. The first kappa shape index (κ1) is 21.8. The highest BCUT2D eigenvalue weighted by molar-refractivity contribution is 5.96. The average Bonchev–Trinajstić information content (AvgIpc) is 3.18. The van der Waals surface area contributed by atoms with Gasteiger partial charge in [-0.1, -0.05) is 30.3 Å². The van der Waals surface area contributed by atoms with Gasteiger partial charge >= 0.3 is 11.9 Å². The van der Waals surface area contributed by atoms with Crippen molar-refractivity contribution in [3.05, 3.63) is 83.2 Å². The van der Waals surface area contributed by atoms with Crippen molar-refractivity contribution in [1.82, 2.24) is 15.1 Å². The molecule has 3 aromatic rings. The van der Waals surface area contributed by atoms with Crippen LogP contribution in [0.5, 0.6) is 0 Å². The van der Waals surface area contributed by atoms with Crippen molar-refractivity contribution in [1.29, 1.82) is 0 Å². The van der Waals surface area contributed by atoms with Crippen LogP contribution in [-0.4, -0.2) is 40.8 Å². The molecule has 2 aromatic carbocycles. The Labute approximate surface area is 179 Å². The van der Waals surface area contributed by atoms with Crippen LogP contribution in [0.25, 0.3) is 5.69 Å². The number of hydrogen-bond acceptors (Lipinski definition) is 6. The van der Waals surface area contributed by atoms with Crippen LogP contribution in [0.15, 0.2) is 60.8 Å². The number of carbonyl (C=O) groups excluding carboxylic acids is 3. The second-order valence-electron chi connectivity index (χ2n) is 6.65. The molecule has 3 rings (SSSR count). The summed E-state index contributed by atoms with van der Waals surface area (Å²) in [5, 5.41) is 6.76. The minimum Gasteiger partial charge on any atom is -0.462 e. The molecule has 1 aromatic heterocycles. The van der Waals surface area contributed by atoms with Gasteiger partial charge in [-0.2, -0.15) is 5.10 Å². The monoisotopic (exact) mass is 421 g/mol. The van der Waals surface area contributed by atoms with E-state index in [2.05, 4.69) is 10.4 Å². The van der Waals surface area contributed by atoms with E-state index in [0.29, 0.717) is 22.5 Å². The van der Waals surface area contributed by atoms with Gasteiger partial charge in [0.25, 0.3) is 5.91 Å². The molecule has 0 atom stereocenters. The molecule has 1 amide bonds. The normalized spacial score (nSPS) is 10.4. The second kappa shape index (κ2) is 10.2. The number of nitrogens with zero attached hydrogens (tertiary/aromatic N) is 2. The van der Waals surface area contributed by atoms with E-state index in [1.165, 1.54) is 6.20 Å². The summed E-state index contributed by atoms with van der Waals surface area (Å²) in [7, 11) is 0. The number of ether oxygens (including phenoxy) is 2. The van der Waals surface area contributed by atoms with Crippen LogP contribution in [0.4, 0.5) is 0 Å². The highest BCUT2D eigenvalue weighted by atomic mass is 16.5. The van der Waals surface area contributed by atoms with Crippen LogP contribution in [0, 0.1) is 6.92 Å². The molecule has 0 aliphatic rings. The van der Waals surface area contributed by atoms with Gasteiger partial charge in [-0.05, 0) is 43.7 Å². The highest BCUT2D eigenvalue weighted by Crippen LogP contribution is 2.16. The first-order valence-electron chi connectivity index (χ1n) is 9.79. The summed E-state index contributed by atoms with van der Waals surface area (Å²) in [5.74, 6) is -1.35. The molecule has 0 fully saturated rings. The molecule has 0 saturated carbocycles. The quantitative estimate of drug-likeness (QED) is 0.562. The zero-order chi connectivity index (χ0) is 22.2. The Morgan fingerprint density at radius 2 is 1.71 bits per heavy atom. The summed E-state index contributed by atoms with van der Waals surface area (Å²) in [4.78, 5) is 36.1. The van der Waals surface area contributed by atoms with Crippen molar-refractivity contribution < 1.29 is 23.9 Å². The molecule has 1 N–H and O–H groups in total. The van der Waals surface area contributed by atoms with Crippen molar-refractivity contribution in [2.75, 3.05) is 13.2 Å². The Morgan fingerprint density at radius 3 is 2.39 bits per heavy atom. The summed E-state index contributed by atoms with van der Waals surface area (Å²) < 4.78 is 11.7. The van der Waals surface area contributed by atoms with E-state index < -0.39 is 17.8 Å². The number of amides is 1. The number of carbonyl (C=O) groups is 3. The van der Waals surface area contributed by atoms with Gasteiger partial charge in [0.15, 0.2) is 0 Å². The van der Waals surface area contributed by atoms with E-state index in [4.69, 9.17) is 9.47 Å². The zero-order valence-corrected chi connectivity index (χ0v) is 17.3. The molecule has 0 unspecified atom stereocenters. The van der Waals surface area contributed by atoms with Gasteiger partial charge in [0, 0.05) is 5.56 Å². The van der Waals surface area contributed by atoms with Crippen LogP contribution >= 0.6 is 0 Å². The maximum Gasteiger partial charge on any atom is 0.341 e. The third-order valence-corrected chi connectivity index (χ3v) is 4.52. The van der Waals surface area contributed by atoms with Crippen LogP contribution in [-0.2, 0) is 20.9 Å². The molecule has 8 nitrogen and oxygen atoms in total. The van der Waals surface area contributed by atoms with Gasteiger partial charge < -0.3 is 14.8 Å². The molecular formula is C23H23N3O5. The predicted octanol–water partition coefficient (Wildman–Crippen LogP) is 2.83. The third-order valence-electron chi connectivity index (χ3n) is 4.52. The molecule has 0 bridgehead atoms. The second-order valence-corrected chi connectivity index (χ2v) is 6.65. The standard InChI is InChI=1S/C23H23N3O5/c1-3-30-23(29)20-13-25-26(16(20)2)19-11-9-18(10-12-19)22(28)24-14-21(27)31-15-17-7-5-4-6-8-17/h4-13H,3,14-15H2,1-2H3,(H,24,28). The minimum atomic E-state index is -0.521. The fraction of sp³-hybridized carbons (Fsp3) is 0.217. The van der Waals surface area contributed by atoms with E-state index in [9.17, 15) is 14.4 Å². The van der Waals surface area contributed by atoms with Gasteiger partial charge in [-0.15, -0.1) is 0 Å². The third kappa shape index (κ3) is 5.57. The Hall–Kier alpha value is -3.94. The van der Waals surface area contributed by atoms with Gasteiger partial charge in [0.05, 0.1) is 24.2 Å². The lowest BCUT2D eigenvalue weighted by Gasteiger charge is -2.08. The Bertz CT molecular complexity index is 1060. The SMILES string of the molecule is CCOC(=O)c1cnn(-c2ccc(C(=O)NCC(=O)OCc3ccccc3)cc2)c1C. The lowest BCUT2D eigenvalue weighted by molar-refractivity contribution is -0.143. The van der Waals surface area contributed by atoms with E-state index in [-0.39, 0.29) is 19.8 Å². The number of benzene rings is 2. The minimum absolute atomic E-state index is 0.154. The van der Waals surface area contributed by atoms with Crippen LogP contribution in [0.3, 0.4) is 0 Å². The fourth-order valence-electron chi connectivity index (χ4n) is 2.88. The van der Waals surface area contributed by atoms with Gasteiger partial charge in [0.1, 0.15) is 18.7 Å². The summed E-state index contributed by atoms with van der Waals surface area (Å²) >= 11 is 0. The number of hydrogen-bond donors (Lipinski definition) is 1. The number of rotatable bonds is 8. The molecule has 31 heavy (non-hydrogen) atoms. The Balaban J connectivity index is 1.55. The van der Waals surface area contributed by atoms with E-state index in [1.54, 1.807) is 42.8 Å². The van der Waals surface area contributed by atoms with Crippen molar-refractivity contribution in [3.8, 4) is 5.69 Å². The van der Waals surface area contributed by atoms with E-state index in [1.807, 2.05) is 30.3 Å². The molecule has 160 valence electrons. The summed E-state index contributed by atoms with van der Waals surface area (Å²) in [6.07, 6.45) is 1.45. The first-order chi connectivity index (χ1) is 15.0. The van der Waals surface area contributed by atoms with Crippen LogP contribution < -0.4 is 5.32 Å². The van der Waals surface area contributed by atoms with Crippen molar-refractivity contribution in [2.24, 2.45) is 0 Å². The molecular weight excluding hydrogens is 398 g/mol. The maximum absolute atomic E-state index is 12.3. The van der Waals surface area contributed by atoms with E-state index in [0.717, 1.165) is 5.56 Å². The van der Waals surface area contributed by atoms with Crippen LogP contribution in [0.2, 0.25) is 0 Å². The van der Waals surface area contributed by atoms with Crippen molar-refractivity contribution in [3.63, 3.8) is 0 Å². The number of esters is 2. The van der Waals surface area contributed by atoms with Crippen molar-refractivity contribution in [2.45, 2.75) is 20.5 Å². The van der Waals surface area contributed by atoms with Gasteiger partial charge in [-0.3, -0.25) is 9.59 Å². The van der Waals surface area contributed by atoms with Crippen molar-refractivity contribution >= 4 is 17.8 Å². The molecule has 8 heteroatoms. The molecule has 1 heterocycles. The fourth-order valence-corrected chi connectivity index (χ4v) is 2.88. The molecule has 0 aliphatic heterocycles. The first-order valence-corrected chi connectivity index (χ1v) is 9.79. The average molecular weight is 421 g/mol. The van der Waals surface area contributed by atoms with Gasteiger partial charge in [-0.25, -0.2) is 9.48 Å². The molecule has 0 saturated heterocycles. The molecule has 0 aliphatic carbocycles. The Morgan fingerprint density at radius 1 is 1.00 bits per heavy atom. The topological polar surface area (TPSA) is 99.5 Å². The largest absolute Gasteiger partial charge is 0.462 e.